The molecular formula is C12H15F3N4S. The maximum Gasteiger partial charge on any atom is 0.390 e. The lowest BCUT2D eigenvalue weighted by Gasteiger charge is -2.10. The summed E-state index contributed by atoms with van der Waals surface area (Å²) in [5.74, 6) is 0.844. The SMILES string of the molecule is CCc1cc2c(NCCC(F)(F)F)nc(NC)nc2s1. The van der Waals surface area contributed by atoms with E-state index in [1.165, 1.54) is 11.3 Å². The summed E-state index contributed by atoms with van der Waals surface area (Å²) >= 11 is 1.53. The van der Waals surface area contributed by atoms with E-state index in [2.05, 4.69) is 20.6 Å². The van der Waals surface area contributed by atoms with Gasteiger partial charge in [0.1, 0.15) is 10.6 Å². The first kappa shape index (κ1) is 14.8. The van der Waals surface area contributed by atoms with Crippen molar-refractivity contribution in [2.24, 2.45) is 0 Å². The van der Waals surface area contributed by atoms with E-state index >= 15 is 0 Å². The summed E-state index contributed by atoms with van der Waals surface area (Å²) in [6.07, 6.45) is -4.20. The Morgan fingerprint density at radius 2 is 2.05 bits per heavy atom. The van der Waals surface area contributed by atoms with Gasteiger partial charge in [-0.25, -0.2) is 4.98 Å². The molecule has 0 fully saturated rings. The number of rotatable bonds is 5. The Bertz CT molecular complexity index is 594. The molecule has 0 aliphatic carbocycles. The highest BCUT2D eigenvalue weighted by Crippen LogP contribution is 2.30. The monoisotopic (exact) mass is 304 g/mol. The lowest BCUT2D eigenvalue weighted by Crippen LogP contribution is -2.15. The Morgan fingerprint density at radius 3 is 2.65 bits per heavy atom. The van der Waals surface area contributed by atoms with Gasteiger partial charge in [-0.2, -0.15) is 18.2 Å². The van der Waals surface area contributed by atoms with Crippen LogP contribution in [0.1, 0.15) is 18.2 Å². The minimum absolute atomic E-state index is 0.198. The van der Waals surface area contributed by atoms with Gasteiger partial charge in [0.25, 0.3) is 0 Å². The number of alkyl halides is 3. The number of hydrogen-bond acceptors (Lipinski definition) is 5. The zero-order valence-corrected chi connectivity index (χ0v) is 12.0. The number of aromatic nitrogens is 2. The van der Waals surface area contributed by atoms with E-state index < -0.39 is 12.6 Å². The molecule has 0 aliphatic heterocycles. The number of nitrogens with zero attached hydrogens (tertiary/aromatic N) is 2. The van der Waals surface area contributed by atoms with Gasteiger partial charge in [-0.3, -0.25) is 0 Å². The topological polar surface area (TPSA) is 49.8 Å². The van der Waals surface area contributed by atoms with E-state index in [4.69, 9.17) is 0 Å². The molecular weight excluding hydrogens is 289 g/mol. The van der Waals surface area contributed by atoms with E-state index in [9.17, 15) is 13.2 Å². The molecule has 0 aromatic carbocycles. The van der Waals surface area contributed by atoms with Crippen molar-refractivity contribution in [2.45, 2.75) is 25.9 Å². The Labute approximate surface area is 118 Å². The molecule has 0 spiro atoms. The van der Waals surface area contributed by atoms with Crippen LogP contribution in [0.15, 0.2) is 6.07 Å². The molecule has 2 aromatic rings. The molecule has 0 saturated carbocycles. The van der Waals surface area contributed by atoms with Crippen LogP contribution in [-0.4, -0.2) is 29.7 Å². The van der Waals surface area contributed by atoms with Gasteiger partial charge in [0.15, 0.2) is 0 Å². The molecule has 0 atom stereocenters. The zero-order chi connectivity index (χ0) is 14.8. The lowest BCUT2D eigenvalue weighted by molar-refractivity contribution is -0.131. The van der Waals surface area contributed by atoms with Gasteiger partial charge in [0, 0.05) is 18.5 Å². The van der Waals surface area contributed by atoms with Crippen LogP contribution < -0.4 is 10.6 Å². The highest BCUT2D eigenvalue weighted by Gasteiger charge is 2.26. The van der Waals surface area contributed by atoms with Crippen molar-refractivity contribution in [3.05, 3.63) is 10.9 Å². The molecule has 110 valence electrons. The number of halogens is 3. The molecule has 2 N–H and O–H groups in total. The van der Waals surface area contributed by atoms with Crippen molar-refractivity contribution in [3.8, 4) is 0 Å². The molecule has 0 unspecified atom stereocenters. The van der Waals surface area contributed by atoms with Gasteiger partial charge in [-0.1, -0.05) is 6.92 Å². The second-order valence-corrected chi connectivity index (χ2v) is 5.34. The van der Waals surface area contributed by atoms with Gasteiger partial charge in [-0.15, -0.1) is 11.3 Å². The highest BCUT2D eigenvalue weighted by atomic mass is 32.1. The fraction of sp³-hybridized carbons (Fsp3) is 0.500. The predicted octanol–water partition coefficient (Wildman–Crippen LogP) is 3.66. The number of hydrogen-bond donors (Lipinski definition) is 2. The summed E-state index contributed by atoms with van der Waals surface area (Å²) in [5, 5.41) is 6.34. The van der Waals surface area contributed by atoms with Gasteiger partial charge in [-0.05, 0) is 12.5 Å². The van der Waals surface area contributed by atoms with Crippen LogP contribution in [0.4, 0.5) is 24.9 Å². The summed E-state index contributed by atoms with van der Waals surface area (Å²) in [4.78, 5) is 10.4. The molecule has 0 bridgehead atoms. The van der Waals surface area contributed by atoms with Crippen LogP contribution in [0.25, 0.3) is 10.2 Å². The smallest absolute Gasteiger partial charge is 0.369 e. The quantitative estimate of drug-likeness (QED) is 0.885. The second kappa shape index (κ2) is 5.82. The third-order valence-electron chi connectivity index (χ3n) is 2.72. The Hall–Kier alpha value is -1.57. The van der Waals surface area contributed by atoms with Crippen molar-refractivity contribution in [2.75, 3.05) is 24.2 Å². The van der Waals surface area contributed by atoms with Crippen LogP contribution in [0.3, 0.4) is 0 Å². The summed E-state index contributed by atoms with van der Waals surface area (Å²) in [6.45, 7) is 1.82. The van der Waals surface area contributed by atoms with Gasteiger partial charge < -0.3 is 10.6 Å². The number of aryl methyl sites for hydroxylation is 1. The second-order valence-electron chi connectivity index (χ2n) is 4.22. The van der Waals surface area contributed by atoms with E-state index in [0.29, 0.717) is 11.8 Å². The molecule has 20 heavy (non-hydrogen) atoms. The maximum atomic E-state index is 12.2. The Kier molecular flexibility index (Phi) is 4.32. The first-order valence-corrected chi connectivity index (χ1v) is 7.03. The van der Waals surface area contributed by atoms with Gasteiger partial charge in [0.2, 0.25) is 5.95 Å². The molecule has 2 rings (SSSR count). The molecule has 2 heterocycles. The van der Waals surface area contributed by atoms with E-state index in [0.717, 1.165) is 21.5 Å². The third kappa shape index (κ3) is 3.50. The van der Waals surface area contributed by atoms with Crippen molar-refractivity contribution in [1.29, 1.82) is 0 Å². The number of anilines is 2. The molecule has 2 aromatic heterocycles. The van der Waals surface area contributed by atoms with Crippen molar-refractivity contribution in [3.63, 3.8) is 0 Å². The molecule has 8 heteroatoms. The largest absolute Gasteiger partial charge is 0.390 e. The summed E-state index contributed by atoms with van der Waals surface area (Å²) in [5.41, 5.74) is 0. The first-order chi connectivity index (χ1) is 9.43. The summed E-state index contributed by atoms with van der Waals surface area (Å²) in [6, 6.07) is 1.93. The zero-order valence-electron chi connectivity index (χ0n) is 11.1. The lowest BCUT2D eigenvalue weighted by atomic mass is 10.3. The molecule has 0 radical (unpaired) electrons. The summed E-state index contributed by atoms with van der Waals surface area (Å²) in [7, 11) is 1.68. The fourth-order valence-electron chi connectivity index (χ4n) is 1.71. The van der Waals surface area contributed by atoms with E-state index in [1.807, 2.05) is 13.0 Å². The van der Waals surface area contributed by atoms with Gasteiger partial charge >= 0.3 is 6.18 Å². The fourth-order valence-corrected chi connectivity index (χ4v) is 2.68. The minimum Gasteiger partial charge on any atom is -0.369 e. The first-order valence-electron chi connectivity index (χ1n) is 6.21. The Balaban J connectivity index is 2.27. The van der Waals surface area contributed by atoms with Crippen molar-refractivity contribution < 1.29 is 13.2 Å². The minimum atomic E-state index is -4.17. The van der Waals surface area contributed by atoms with Crippen LogP contribution >= 0.6 is 11.3 Å². The molecule has 0 aliphatic rings. The van der Waals surface area contributed by atoms with E-state index in [1.54, 1.807) is 7.05 Å². The number of fused-ring (bicyclic) bond motifs is 1. The normalized spacial score (nSPS) is 11.8. The van der Waals surface area contributed by atoms with Gasteiger partial charge in [0.05, 0.1) is 11.8 Å². The van der Waals surface area contributed by atoms with Crippen LogP contribution in [-0.2, 0) is 6.42 Å². The number of thiophene rings is 1. The van der Waals surface area contributed by atoms with Crippen LogP contribution in [0.2, 0.25) is 0 Å². The highest BCUT2D eigenvalue weighted by molar-refractivity contribution is 7.18. The van der Waals surface area contributed by atoms with Crippen LogP contribution in [0, 0.1) is 0 Å². The molecule has 0 amide bonds. The average molecular weight is 304 g/mol. The molecule has 4 nitrogen and oxygen atoms in total. The standard InChI is InChI=1S/C12H15F3N4S/c1-3-7-6-8-9(17-5-4-12(13,14)15)18-11(16-2)19-10(8)20-7/h6H,3-5H2,1-2H3,(H2,16,17,18,19). The Morgan fingerprint density at radius 1 is 1.30 bits per heavy atom. The third-order valence-corrected chi connectivity index (χ3v) is 3.89. The van der Waals surface area contributed by atoms with Crippen LogP contribution in [0.5, 0.6) is 0 Å². The van der Waals surface area contributed by atoms with E-state index in [-0.39, 0.29) is 6.54 Å². The maximum absolute atomic E-state index is 12.2. The predicted molar refractivity (Wildman–Crippen MR) is 75.5 cm³/mol. The molecule has 0 saturated heterocycles. The number of nitrogens with one attached hydrogen (secondary N) is 2. The summed E-state index contributed by atoms with van der Waals surface area (Å²) < 4.78 is 36.6. The van der Waals surface area contributed by atoms with Crippen molar-refractivity contribution in [1.82, 2.24) is 9.97 Å². The average Bonchev–Trinajstić information content (AvgIpc) is 2.80. The van der Waals surface area contributed by atoms with Crippen molar-refractivity contribution >= 4 is 33.3 Å².